The third-order valence-electron chi connectivity index (χ3n) is 3.78. The van der Waals surface area contributed by atoms with Crippen LogP contribution in [0.3, 0.4) is 0 Å². The van der Waals surface area contributed by atoms with Gasteiger partial charge in [0.15, 0.2) is 0 Å². The first-order chi connectivity index (χ1) is 8.74. The first-order valence-corrected chi connectivity index (χ1v) is 6.79. The molecule has 106 valence electrons. The summed E-state index contributed by atoms with van der Waals surface area (Å²) in [6.45, 7) is 1.93. The zero-order valence-corrected chi connectivity index (χ0v) is 12.0. The second-order valence-electron chi connectivity index (χ2n) is 5.37. The minimum absolute atomic E-state index is 0. The Morgan fingerprint density at radius 2 is 2.26 bits per heavy atom. The Kier molecular flexibility index (Phi) is 4.47. The number of nitrogens with one attached hydrogen (secondary N) is 2. The van der Waals surface area contributed by atoms with Gasteiger partial charge in [-0.25, -0.2) is 0 Å². The Morgan fingerprint density at radius 1 is 1.47 bits per heavy atom. The van der Waals surface area contributed by atoms with E-state index in [2.05, 4.69) is 15.7 Å². The fraction of sp³-hybridized carbons (Fsp3) is 0.692. The quantitative estimate of drug-likeness (QED) is 0.877. The van der Waals surface area contributed by atoms with Gasteiger partial charge in [0, 0.05) is 31.2 Å². The molecule has 1 saturated heterocycles. The summed E-state index contributed by atoms with van der Waals surface area (Å²) in [6, 6.07) is 2.20. The number of carbonyl (C=O) groups excluding carboxylic acids is 1. The number of rotatable bonds is 3. The second-order valence-corrected chi connectivity index (χ2v) is 5.37. The average molecular weight is 285 g/mol. The van der Waals surface area contributed by atoms with Crippen molar-refractivity contribution >= 4 is 18.3 Å². The van der Waals surface area contributed by atoms with Gasteiger partial charge in [0.1, 0.15) is 5.69 Å². The molecular formula is C13H21ClN4O. The molecule has 0 aromatic carbocycles. The Labute approximate surface area is 119 Å². The van der Waals surface area contributed by atoms with E-state index in [9.17, 15) is 4.79 Å². The fourth-order valence-electron chi connectivity index (χ4n) is 2.59. The van der Waals surface area contributed by atoms with Crippen LogP contribution in [0.1, 0.15) is 47.8 Å². The average Bonchev–Trinajstić information content (AvgIpc) is 3.14. The summed E-state index contributed by atoms with van der Waals surface area (Å²) in [7, 11) is 1.92. The minimum Gasteiger partial charge on any atom is -0.347 e. The van der Waals surface area contributed by atoms with E-state index in [0.717, 1.165) is 25.9 Å². The summed E-state index contributed by atoms with van der Waals surface area (Å²) < 4.78 is 1.85. The monoisotopic (exact) mass is 284 g/mol. The van der Waals surface area contributed by atoms with Crippen molar-refractivity contribution in [3.63, 3.8) is 0 Å². The van der Waals surface area contributed by atoms with Crippen molar-refractivity contribution < 1.29 is 4.79 Å². The molecule has 1 aliphatic carbocycles. The molecule has 1 aliphatic heterocycles. The van der Waals surface area contributed by atoms with Gasteiger partial charge in [-0.2, -0.15) is 5.10 Å². The van der Waals surface area contributed by atoms with E-state index in [4.69, 9.17) is 0 Å². The van der Waals surface area contributed by atoms with E-state index in [-0.39, 0.29) is 24.4 Å². The van der Waals surface area contributed by atoms with Crippen LogP contribution in [0, 0.1) is 0 Å². The van der Waals surface area contributed by atoms with Crippen LogP contribution < -0.4 is 10.6 Å². The highest BCUT2D eigenvalue weighted by molar-refractivity contribution is 5.92. The van der Waals surface area contributed by atoms with Gasteiger partial charge in [-0.05, 0) is 38.3 Å². The lowest BCUT2D eigenvalue weighted by molar-refractivity contribution is 0.0925. The first-order valence-electron chi connectivity index (χ1n) is 6.79. The number of hydrogen-bond acceptors (Lipinski definition) is 3. The number of aryl methyl sites for hydroxylation is 1. The lowest BCUT2D eigenvalue weighted by Crippen LogP contribution is -2.45. The van der Waals surface area contributed by atoms with Crippen LogP contribution in [-0.4, -0.2) is 34.8 Å². The second kappa shape index (κ2) is 5.92. The molecule has 0 spiro atoms. The van der Waals surface area contributed by atoms with Crippen molar-refractivity contribution in [2.75, 3.05) is 13.1 Å². The standard InChI is InChI=1S/C13H20N4O.ClH/c1-17-12(9-4-5-9)7-11(16-17)13(18)15-10-3-2-6-14-8-10;/h7,9-10,14H,2-6,8H2,1H3,(H,15,18);1H/t10-;/m0./s1. The Balaban J connectivity index is 0.00000133. The highest BCUT2D eigenvalue weighted by atomic mass is 35.5. The molecule has 1 saturated carbocycles. The highest BCUT2D eigenvalue weighted by Crippen LogP contribution is 2.39. The molecule has 1 aromatic heterocycles. The largest absolute Gasteiger partial charge is 0.347 e. The van der Waals surface area contributed by atoms with Gasteiger partial charge >= 0.3 is 0 Å². The van der Waals surface area contributed by atoms with Gasteiger partial charge in [0.2, 0.25) is 0 Å². The summed E-state index contributed by atoms with van der Waals surface area (Å²) >= 11 is 0. The van der Waals surface area contributed by atoms with E-state index >= 15 is 0 Å². The maximum atomic E-state index is 12.1. The van der Waals surface area contributed by atoms with E-state index < -0.39 is 0 Å². The predicted molar refractivity (Wildman–Crippen MR) is 75.8 cm³/mol. The van der Waals surface area contributed by atoms with E-state index in [1.807, 2.05) is 17.8 Å². The van der Waals surface area contributed by atoms with Crippen LogP contribution in [-0.2, 0) is 7.05 Å². The van der Waals surface area contributed by atoms with Crippen LogP contribution in [0.5, 0.6) is 0 Å². The Bertz CT molecular complexity index is 449. The van der Waals surface area contributed by atoms with Crippen molar-refractivity contribution in [3.8, 4) is 0 Å². The fourth-order valence-corrected chi connectivity index (χ4v) is 2.59. The maximum absolute atomic E-state index is 12.1. The van der Waals surface area contributed by atoms with Gasteiger partial charge in [-0.3, -0.25) is 9.48 Å². The molecule has 0 radical (unpaired) electrons. The molecule has 6 heteroatoms. The van der Waals surface area contributed by atoms with Gasteiger partial charge in [-0.15, -0.1) is 12.4 Å². The zero-order valence-electron chi connectivity index (χ0n) is 11.2. The molecule has 2 heterocycles. The molecular weight excluding hydrogens is 264 g/mol. The number of nitrogens with zero attached hydrogens (tertiary/aromatic N) is 2. The number of piperidine rings is 1. The molecule has 0 bridgehead atoms. The lowest BCUT2D eigenvalue weighted by atomic mass is 10.1. The van der Waals surface area contributed by atoms with Crippen LogP contribution in [0.2, 0.25) is 0 Å². The van der Waals surface area contributed by atoms with Gasteiger partial charge < -0.3 is 10.6 Å². The number of halogens is 1. The molecule has 19 heavy (non-hydrogen) atoms. The number of aromatic nitrogens is 2. The summed E-state index contributed by atoms with van der Waals surface area (Å²) in [5.74, 6) is 0.589. The number of amides is 1. The lowest BCUT2D eigenvalue weighted by Gasteiger charge is -2.23. The van der Waals surface area contributed by atoms with Crippen molar-refractivity contribution in [3.05, 3.63) is 17.5 Å². The summed E-state index contributed by atoms with van der Waals surface area (Å²) in [4.78, 5) is 12.1. The molecule has 2 fully saturated rings. The molecule has 1 amide bonds. The van der Waals surface area contributed by atoms with Crippen molar-refractivity contribution in [1.82, 2.24) is 20.4 Å². The van der Waals surface area contributed by atoms with Crippen molar-refractivity contribution in [2.24, 2.45) is 7.05 Å². The highest BCUT2D eigenvalue weighted by Gasteiger charge is 2.28. The topological polar surface area (TPSA) is 59.0 Å². The van der Waals surface area contributed by atoms with Crippen molar-refractivity contribution in [1.29, 1.82) is 0 Å². The minimum atomic E-state index is -0.0359. The number of carbonyl (C=O) groups is 1. The maximum Gasteiger partial charge on any atom is 0.272 e. The third-order valence-corrected chi connectivity index (χ3v) is 3.78. The Morgan fingerprint density at radius 3 is 2.89 bits per heavy atom. The molecule has 1 atom stereocenters. The first kappa shape index (κ1) is 14.3. The predicted octanol–water partition coefficient (Wildman–Crippen LogP) is 1.20. The van der Waals surface area contributed by atoms with Gasteiger partial charge in [-0.1, -0.05) is 0 Å². The van der Waals surface area contributed by atoms with Gasteiger partial charge in [0.05, 0.1) is 0 Å². The zero-order chi connectivity index (χ0) is 12.5. The normalized spacial score (nSPS) is 22.7. The molecule has 0 unspecified atom stereocenters. The number of hydrogen-bond donors (Lipinski definition) is 2. The van der Waals surface area contributed by atoms with E-state index in [0.29, 0.717) is 11.6 Å². The molecule has 2 aliphatic rings. The smallest absolute Gasteiger partial charge is 0.272 e. The third kappa shape index (κ3) is 3.28. The van der Waals surface area contributed by atoms with Crippen LogP contribution in [0.25, 0.3) is 0 Å². The van der Waals surface area contributed by atoms with E-state index in [1.54, 1.807) is 0 Å². The molecule has 2 N–H and O–H groups in total. The summed E-state index contributed by atoms with van der Waals surface area (Å²) in [6.07, 6.45) is 4.64. The van der Waals surface area contributed by atoms with Crippen LogP contribution >= 0.6 is 12.4 Å². The summed E-state index contributed by atoms with van der Waals surface area (Å²) in [5.41, 5.74) is 1.76. The summed E-state index contributed by atoms with van der Waals surface area (Å²) in [5, 5.41) is 10.7. The van der Waals surface area contributed by atoms with Crippen LogP contribution in [0.4, 0.5) is 0 Å². The molecule has 5 nitrogen and oxygen atoms in total. The van der Waals surface area contributed by atoms with Crippen LogP contribution in [0.15, 0.2) is 6.07 Å². The Hall–Kier alpha value is -1.07. The van der Waals surface area contributed by atoms with Crippen molar-refractivity contribution in [2.45, 2.75) is 37.6 Å². The van der Waals surface area contributed by atoms with Gasteiger partial charge in [0.25, 0.3) is 5.91 Å². The molecule has 1 aromatic rings. The van der Waals surface area contributed by atoms with E-state index in [1.165, 1.54) is 18.5 Å². The SMILES string of the molecule is Cl.Cn1nc(C(=O)N[C@H]2CCCNC2)cc1C1CC1. The molecule has 3 rings (SSSR count).